The summed E-state index contributed by atoms with van der Waals surface area (Å²) in [5.41, 5.74) is 0.309. The summed E-state index contributed by atoms with van der Waals surface area (Å²) >= 11 is 1.53. The number of nitrogens with one attached hydrogen (secondary N) is 1. The molecular formula is C18H24N4O4S2. The number of rotatable bonds is 6. The van der Waals surface area contributed by atoms with Crippen molar-refractivity contribution in [3.8, 4) is 0 Å². The van der Waals surface area contributed by atoms with Crippen LogP contribution in [0.2, 0.25) is 0 Å². The van der Waals surface area contributed by atoms with Crippen LogP contribution in [0.3, 0.4) is 0 Å². The van der Waals surface area contributed by atoms with Gasteiger partial charge in [-0.1, -0.05) is 18.9 Å². The SMILES string of the molecule is CSCc1nnc(NC(=O)c2ccc(S(=O)(=O)N3C[C@H](C)C[C@@H](C)C3)cc2)o1. The lowest BCUT2D eigenvalue weighted by Gasteiger charge is -2.34. The van der Waals surface area contributed by atoms with Crippen LogP contribution in [0.25, 0.3) is 0 Å². The first kappa shape index (κ1) is 20.8. The van der Waals surface area contributed by atoms with Gasteiger partial charge in [0.2, 0.25) is 15.9 Å². The second kappa shape index (κ2) is 8.62. The molecular weight excluding hydrogens is 400 g/mol. The Hall–Kier alpha value is -1.91. The molecule has 0 radical (unpaired) electrons. The van der Waals surface area contributed by atoms with Crippen LogP contribution < -0.4 is 5.32 Å². The summed E-state index contributed by atoms with van der Waals surface area (Å²) < 4.78 is 32.7. The number of sulfonamides is 1. The van der Waals surface area contributed by atoms with Crippen LogP contribution in [0.15, 0.2) is 33.6 Å². The molecule has 0 bridgehead atoms. The van der Waals surface area contributed by atoms with E-state index in [1.54, 1.807) is 0 Å². The normalized spacial score (nSPS) is 20.8. The van der Waals surface area contributed by atoms with Crippen molar-refractivity contribution in [2.45, 2.75) is 30.9 Å². The maximum Gasteiger partial charge on any atom is 0.322 e. The van der Waals surface area contributed by atoms with Gasteiger partial charge in [-0.25, -0.2) is 8.42 Å². The summed E-state index contributed by atoms with van der Waals surface area (Å²) in [7, 11) is -3.57. The fourth-order valence-electron chi connectivity index (χ4n) is 3.38. The lowest BCUT2D eigenvalue weighted by molar-refractivity contribution is 0.102. The molecule has 0 unspecified atom stereocenters. The minimum Gasteiger partial charge on any atom is -0.407 e. The molecule has 1 aliphatic heterocycles. The van der Waals surface area contributed by atoms with Gasteiger partial charge in [0.25, 0.3) is 5.91 Å². The molecule has 0 saturated carbocycles. The van der Waals surface area contributed by atoms with Crippen molar-refractivity contribution < 1.29 is 17.6 Å². The minimum atomic E-state index is -3.57. The molecule has 28 heavy (non-hydrogen) atoms. The largest absolute Gasteiger partial charge is 0.407 e. The van der Waals surface area contributed by atoms with Crippen molar-refractivity contribution in [2.75, 3.05) is 24.7 Å². The first-order valence-electron chi connectivity index (χ1n) is 9.02. The van der Waals surface area contributed by atoms with Crippen LogP contribution in [-0.2, 0) is 15.8 Å². The summed E-state index contributed by atoms with van der Waals surface area (Å²) in [5, 5.41) is 10.1. The number of hydrogen-bond donors (Lipinski definition) is 1. The molecule has 2 heterocycles. The van der Waals surface area contributed by atoms with E-state index in [0.29, 0.717) is 42.1 Å². The number of carbonyl (C=O) groups is 1. The third kappa shape index (κ3) is 4.73. The number of nitrogens with zero attached hydrogens (tertiary/aromatic N) is 3. The highest BCUT2D eigenvalue weighted by Crippen LogP contribution is 2.26. The molecule has 1 amide bonds. The summed E-state index contributed by atoms with van der Waals surface area (Å²) in [6, 6.07) is 5.90. The Morgan fingerprint density at radius 3 is 2.46 bits per heavy atom. The van der Waals surface area contributed by atoms with E-state index in [-0.39, 0.29) is 10.9 Å². The average Bonchev–Trinajstić information content (AvgIpc) is 3.08. The minimum absolute atomic E-state index is 0.0158. The summed E-state index contributed by atoms with van der Waals surface area (Å²) in [6.45, 7) is 5.16. The number of benzene rings is 1. The molecule has 0 spiro atoms. The number of aromatic nitrogens is 2. The van der Waals surface area contributed by atoms with E-state index < -0.39 is 15.9 Å². The number of carbonyl (C=O) groups excluding carboxylic acids is 1. The summed E-state index contributed by atoms with van der Waals surface area (Å²) in [6.07, 6.45) is 2.93. The highest BCUT2D eigenvalue weighted by Gasteiger charge is 2.31. The smallest absolute Gasteiger partial charge is 0.322 e. The Morgan fingerprint density at radius 1 is 1.21 bits per heavy atom. The molecule has 1 N–H and O–H groups in total. The quantitative estimate of drug-likeness (QED) is 0.760. The predicted octanol–water partition coefficient (Wildman–Crippen LogP) is 2.85. The van der Waals surface area contributed by atoms with Gasteiger partial charge >= 0.3 is 6.01 Å². The Balaban J connectivity index is 1.70. The van der Waals surface area contributed by atoms with Gasteiger partial charge in [0.15, 0.2) is 0 Å². The molecule has 2 atom stereocenters. The van der Waals surface area contributed by atoms with E-state index in [0.717, 1.165) is 6.42 Å². The molecule has 1 aromatic carbocycles. The van der Waals surface area contributed by atoms with Crippen molar-refractivity contribution in [1.29, 1.82) is 0 Å². The Labute approximate surface area is 169 Å². The molecule has 1 saturated heterocycles. The van der Waals surface area contributed by atoms with E-state index in [1.807, 2.05) is 6.26 Å². The number of amides is 1. The fraction of sp³-hybridized carbons (Fsp3) is 0.500. The third-order valence-corrected chi connectivity index (χ3v) is 6.93. The maximum atomic E-state index is 12.9. The van der Waals surface area contributed by atoms with E-state index in [4.69, 9.17) is 4.42 Å². The van der Waals surface area contributed by atoms with Gasteiger partial charge in [-0.05, 0) is 48.8 Å². The zero-order valence-corrected chi connectivity index (χ0v) is 17.7. The predicted molar refractivity (Wildman–Crippen MR) is 108 cm³/mol. The standard InChI is InChI=1S/C18H24N4O4S2/c1-12-8-13(2)10-22(9-12)28(24,25)15-6-4-14(5-7-15)17(23)19-18-21-20-16(26-18)11-27-3/h4-7,12-13H,8-11H2,1-3H3,(H,19,21,23)/t12-,13-/m1/s1. The lowest BCUT2D eigenvalue weighted by atomic mass is 9.94. The van der Waals surface area contributed by atoms with Crippen LogP contribution in [-0.4, -0.2) is 48.2 Å². The van der Waals surface area contributed by atoms with E-state index in [2.05, 4.69) is 29.4 Å². The monoisotopic (exact) mass is 424 g/mol. The molecule has 1 aromatic heterocycles. The van der Waals surface area contributed by atoms with Crippen LogP contribution in [0.4, 0.5) is 6.01 Å². The Bertz CT molecular complexity index is 917. The molecule has 0 aliphatic carbocycles. The van der Waals surface area contributed by atoms with Gasteiger partial charge in [-0.2, -0.15) is 16.1 Å². The third-order valence-electron chi connectivity index (χ3n) is 4.54. The lowest BCUT2D eigenvalue weighted by Crippen LogP contribution is -2.42. The number of thioether (sulfide) groups is 1. The van der Waals surface area contributed by atoms with Crippen molar-refractivity contribution in [3.63, 3.8) is 0 Å². The van der Waals surface area contributed by atoms with Gasteiger partial charge in [0.1, 0.15) is 0 Å². The first-order chi connectivity index (χ1) is 13.3. The first-order valence-corrected chi connectivity index (χ1v) is 11.9. The molecule has 3 rings (SSSR count). The van der Waals surface area contributed by atoms with Crippen molar-refractivity contribution in [1.82, 2.24) is 14.5 Å². The summed E-state index contributed by atoms with van der Waals surface area (Å²) in [4.78, 5) is 12.5. The fourth-order valence-corrected chi connectivity index (χ4v) is 5.43. The zero-order chi connectivity index (χ0) is 20.3. The zero-order valence-electron chi connectivity index (χ0n) is 16.1. The van der Waals surface area contributed by atoms with Crippen LogP contribution in [0, 0.1) is 11.8 Å². The molecule has 8 nitrogen and oxygen atoms in total. The van der Waals surface area contributed by atoms with Gasteiger partial charge in [0, 0.05) is 18.7 Å². The van der Waals surface area contributed by atoms with Crippen molar-refractivity contribution >= 4 is 33.7 Å². The second-order valence-corrected chi connectivity index (χ2v) is 9.98. The molecule has 1 aliphatic rings. The summed E-state index contributed by atoms with van der Waals surface area (Å²) in [5.74, 6) is 1.20. The van der Waals surface area contributed by atoms with Gasteiger partial charge in [-0.15, -0.1) is 5.10 Å². The van der Waals surface area contributed by atoms with Gasteiger partial charge in [0.05, 0.1) is 10.6 Å². The van der Waals surface area contributed by atoms with E-state index in [1.165, 1.54) is 40.3 Å². The molecule has 2 aromatic rings. The topological polar surface area (TPSA) is 105 Å². The van der Waals surface area contributed by atoms with Crippen molar-refractivity contribution in [2.24, 2.45) is 11.8 Å². The van der Waals surface area contributed by atoms with Crippen molar-refractivity contribution in [3.05, 3.63) is 35.7 Å². The van der Waals surface area contributed by atoms with Gasteiger partial charge < -0.3 is 4.42 Å². The number of anilines is 1. The van der Waals surface area contributed by atoms with Crippen LogP contribution >= 0.6 is 11.8 Å². The Morgan fingerprint density at radius 2 is 1.86 bits per heavy atom. The highest BCUT2D eigenvalue weighted by atomic mass is 32.2. The van der Waals surface area contributed by atoms with E-state index >= 15 is 0 Å². The Kier molecular flexibility index (Phi) is 6.41. The molecule has 152 valence electrons. The number of hydrogen-bond acceptors (Lipinski definition) is 7. The second-order valence-electron chi connectivity index (χ2n) is 7.18. The van der Waals surface area contributed by atoms with Gasteiger partial charge in [-0.3, -0.25) is 10.1 Å². The van der Waals surface area contributed by atoms with E-state index in [9.17, 15) is 13.2 Å². The van der Waals surface area contributed by atoms with Crippen LogP contribution in [0.1, 0.15) is 36.5 Å². The molecule has 10 heteroatoms. The van der Waals surface area contributed by atoms with Crippen LogP contribution in [0.5, 0.6) is 0 Å². The molecule has 1 fully saturated rings. The number of piperidine rings is 1. The average molecular weight is 425 g/mol. The maximum absolute atomic E-state index is 12.9. The highest BCUT2D eigenvalue weighted by molar-refractivity contribution is 7.97.